The Labute approximate surface area is 254 Å². The van der Waals surface area contributed by atoms with Crippen molar-refractivity contribution in [3.05, 3.63) is 12.7 Å². The number of esters is 2. The number of fused-ring (bicyclic) bond motifs is 5. The number of hydrogen-bond acceptors (Lipinski definition) is 6. The van der Waals surface area contributed by atoms with Crippen molar-refractivity contribution in [3.63, 3.8) is 0 Å². The van der Waals surface area contributed by atoms with E-state index in [1.807, 2.05) is 0 Å². The van der Waals surface area contributed by atoms with Crippen LogP contribution >= 0.6 is 0 Å². The van der Waals surface area contributed by atoms with Crippen LogP contribution in [0.25, 0.3) is 0 Å². The van der Waals surface area contributed by atoms with Crippen LogP contribution in [0, 0.1) is 34.5 Å². The minimum absolute atomic E-state index is 0.00895. The smallest absolute Gasteiger partial charge is 0.303 e. The van der Waals surface area contributed by atoms with E-state index in [9.17, 15) is 9.59 Å². The Hall–Kier alpha value is -1.44. The average Bonchev–Trinajstić information content (AvgIpc) is 3.26. The lowest BCUT2D eigenvalue weighted by Gasteiger charge is -2.62. The summed E-state index contributed by atoms with van der Waals surface area (Å²) >= 11 is 0. The van der Waals surface area contributed by atoms with Crippen molar-refractivity contribution < 1.29 is 28.3 Å². The molecule has 6 rings (SSSR count). The Morgan fingerprint density at radius 3 is 2.33 bits per heavy atom. The summed E-state index contributed by atoms with van der Waals surface area (Å²) in [4.78, 5) is 27.4. The largest absolute Gasteiger partial charge is 0.461 e. The first kappa shape index (κ1) is 30.6. The minimum Gasteiger partial charge on any atom is -0.461 e. The van der Waals surface area contributed by atoms with Crippen molar-refractivity contribution in [3.8, 4) is 0 Å². The predicted molar refractivity (Wildman–Crippen MR) is 162 cm³/mol. The fourth-order valence-electron chi connectivity index (χ4n) is 11.8. The zero-order valence-electron chi connectivity index (χ0n) is 26.9. The van der Waals surface area contributed by atoms with Crippen molar-refractivity contribution in [2.45, 2.75) is 116 Å². The van der Waals surface area contributed by atoms with Crippen LogP contribution in [0.15, 0.2) is 12.7 Å². The number of hydrogen-bond donors (Lipinski definition) is 0. The highest BCUT2D eigenvalue weighted by Crippen LogP contribution is 2.67. The van der Waals surface area contributed by atoms with Gasteiger partial charge in [0.05, 0.1) is 32.8 Å². The van der Waals surface area contributed by atoms with Crippen LogP contribution in [-0.2, 0) is 23.8 Å². The zero-order valence-corrected chi connectivity index (χ0v) is 26.9. The molecule has 0 aromatic rings. The summed E-state index contributed by atoms with van der Waals surface area (Å²) in [5, 5.41) is 0. The lowest BCUT2D eigenvalue weighted by molar-refractivity contribution is -0.952. The number of quaternary nitrogens is 1. The summed E-state index contributed by atoms with van der Waals surface area (Å²) < 4.78 is 19.3. The minimum atomic E-state index is -0.146. The first-order valence-electron chi connectivity index (χ1n) is 17.2. The molecule has 0 spiro atoms. The van der Waals surface area contributed by atoms with Crippen molar-refractivity contribution in [2.75, 3.05) is 45.9 Å². The third-order valence-corrected chi connectivity index (χ3v) is 13.6. The van der Waals surface area contributed by atoms with Gasteiger partial charge in [0.25, 0.3) is 0 Å². The molecule has 4 saturated carbocycles. The average molecular weight is 586 g/mol. The summed E-state index contributed by atoms with van der Waals surface area (Å²) in [6.07, 6.45) is 14.0. The fraction of sp³-hybridized carbons (Fsp3) is 0.886. The van der Waals surface area contributed by atoms with E-state index < -0.39 is 0 Å². The molecule has 6 fully saturated rings. The number of rotatable bonds is 6. The van der Waals surface area contributed by atoms with Crippen molar-refractivity contribution in [2.24, 2.45) is 34.5 Å². The third-order valence-electron chi connectivity index (χ3n) is 13.6. The zero-order chi connectivity index (χ0) is 29.7. The van der Waals surface area contributed by atoms with Crippen LogP contribution < -0.4 is 0 Å². The number of morpholine rings is 1. The molecule has 2 saturated heterocycles. The van der Waals surface area contributed by atoms with Gasteiger partial charge in [0.15, 0.2) is 6.10 Å². The summed E-state index contributed by atoms with van der Waals surface area (Å²) in [5.74, 6) is 2.24. The number of carbonyl (C=O) groups is 2. The second-order valence-corrected chi connectivity index (χ2v) is 15.5. The Balaban J connectivity index is 1.31. The molecule has 4 aliphatic carbocycles. The Bertz CT molecular complexity index is 1020. The van der Waals surface area contributed by atoms with Gasteiger partial charge < -0.3 is 18.7 Å². The Morgan fingerprint density at radius 2 is 1.67 bits per heavy atom. The van der Waals surface area contributed by atoms with E-state index >= 15 is 0 Å². The highest BCUT2D eigenvalue weighted by molar-refractivity contribution is 5.66. The SMILES string of the molecule is C=CC[N+]1(C2C[C@H]3[C@@H]4CCC5CC(OC(C)=O)C(N6CCOCC6)C[C@]5(C)[C@@H]4CC[C@]3(C)C2OC(C)=O)CCCCC1. The molecule has 0 amide bonds. The number of carbonyl (C=O) groups excluding carboxylic acids is 2. The van der Waals surface area contributed by atoms with Gasteiger partial charge in [-0.25, -0.2) is 0 Å². The molecule has 7 heteroatoms. The lowest BCUT2D eigenvalue weighted by atomic mass is 9.44. The first-order chi connectivity index (χ1) is 20.1. The molecule has 6 aliphatic rings. The van der Waals surface area contributed by atoms with Gasteiger partial charge in [0, 0.05) is 44.8 Å². The molecule has 0 radical (unpaired) electrons. The van der Waals surface area contributed by atoms with Crippen LogP contribution in [0.5, 0.6) is 0 Å². The van der Waals surface area contributed by atoms with Crippen molar-refractivity contribution >= 4 is 11.9 Å². The molecular formula is C35H57N2O5+. The first-order valence-corrected chi connectivity index (χ1v) is 17.2. The maximum atomic E-state index is 12.6. The van der Waals surface area contributed by atoms with Gasteiger partial charge in [0.2, 0.25) is 0 Å². The molecule has 0 aromatic carbocycles. The molecule has 2 heterocycles. The molecule has 0 aromatic heterocycles. The van der Waals surface area contributed by atoms with Crippen LogP contribution in [0.1, 0.15) is 91.9 Å². The quantitative estimate of drug-likeness (QED) is 0.237. The summed E-state index contributed by atoms with van der Waals surface area (Å²) in [6, 6.07) is 0.637. The van der Waals surface area contributed by atoms with Crippen LogP contribution in [0.2, 0.25) is 0 Å². The van der Waals surface area contributed by atoms with Crippen molar-refractivity contribution in [1.29, 1.82) is 0 Å². The molecule has 5 unspecified atom stereocenters. The molecule has 10 atom stereocenters. The maximum absolute atomic E-state index is 12.6. The van der Waals surface area contributed by atoms with Gasteiger partial charge in [-0.2, -0.15) is 0 Å². The van der Waals surface area contributed by atoms with E-state index in [1.54, 1.807) is 13.8 Å². The van der Waals surface area contributed by atoms with Gasteiger partial charge in [-0.05, 0) is 93.0 Å². The lowest BCUT2D eigenvalue weighted by Crippen LogP contribution is -2.63. The van der Waals surface area contributed by atoms with Crippen LogP contribution in [-0.4, -0.2) is 91.6 Å². The van der Waals surface area contributed by atoms with E-state index in [4.69, 9.17) is 14.2 Å². The normalized spacial score (nSPS) is 45.1. The topological polar surface area (TPSA) is 65.1 Å². The monoisotopic (exact) mass is 585 g/mol. The molecule has 7 nitrogen and oxygen atoms in total. The van der Waals surface area contributed by atoms with Gasteiger partial charge >= 0.3 is 11.9 Å². The van der Waals surface area contributed by atoms with Gasteiger partial charge in [-0.3, -0.25) is 14.5 Å². The summed E-state index contributed by atoms with van der Waals surface area (Å²) in [5.41, 5.74) is 0.264. The van der Waals surface area contributed by atoms with E-state index in [0.29, 0.717) is 29.7 Å². The second kappa shape index (κ2) is 11.8. The number of likely N-dealkylation sites (tertiary alicyclic amines) is 1. The Morgan fingerprint density at radius 1 is 0.952 bits per heavy atom. The predicted octanol–water partition coefficient (Wildman–Crippen LogP) is 5.37. The fourth-order valence-corrected chi connectivity index (χ4v) is 11.8. The van der Waals surface area contributed by atoms with E-state index in [-0.39, 0.29) is 41.0 Å². The summed E-state index contributed by atoms with van der Waals surface area (Å²) in [7, 11) is 0. The second-order valence-electron chi connectivity index (χ2n) is 15.5. The van der Waals surface area contributed by atoms with E-state index in [1.165, 1.54) is 58.0 Å². The van der Waals surface area contributed by atoms with Gasteiger partial charge in [-0.1, -0.05) is 20.4 Å². The number of ether oxygens (including phenoxy) is 3. The van der Waals surface area contributed by atoms with E-state index in [0.717, 1.165) is 56.6 Å². The molecule has 236 valence electrons. The van der Waals surface area contributed by atoms with Crippen LogP contribution in [0.4, 0.5) is 0 Å². The molecule has 2 aliphatic heterocycles. The molecule has 0 N–H and O–H groups in total. The van der Waals surface area contributed by atoms with Crippen molar-refractivity contribution in [1.82, 2.24) is 4.90 Å². The standard InChI is InChI=1S/C35H57N2O5/c1-6-16-37(17-8-7-9-18-37)31-22-29-27-11-10-26-21-32(41-24(2)38)30(36-14-19-40-20-15-36)23-35(26,5)28(27)12-13-34(29,4)33(31)42-25(3)39/h6,26-33H,1,7-23H2,2-5H3/q+1/t26?,27-,28-,29+,30?,31?,32?,33?,34+,35+/m1/s1. The molecule has 0 bridgehead atoms. The molecule has 42 heavy (non-hydrogen) atoms. The molecular weight excluding hydrogens is 528 g/mol. The number of nitrogens with zero attached hydrogens (tertiary/aromatic N) is 2. The van der Waals surface area contributed by atoms with Gasteiger partial charge in [0.1, 0.15) is 12.1 Å². The van der Waals surface area contributed by atoms with E-state index in [2.05, 4.69) is 31.4 Å². The maximum Gasteiger partial charge on any atom is 0.303 e. The third kappa shape index (κ3) is 5.17. The highest BCUT2D eigenvalue weighted by Gasteiger charge is 2.67. The summed E-state index contributed by atoms with van der Waals surface area (Å²) in [6.45, 7) is 19.2. The van der Waals surface area contributed by atoms with Crippen LogP contribution in [0.3, 0.4) is 0 Å². The Kier molecular flexibility index (Phi) is 8.60. The van der Waals surface area contributed by atoms with Gasteiger partial charge in [-0.15, -0.1) is 0 Å². The number of piperidine rings is 1. The highest BCUT2D eigenvalue weighted by atomic mass is 16.5.